The minimum Gasteiger partial charge on any atom is -0.170 e. The van der Waals surface area contributed by atoms with Gasteiger partial charge in [0.2, 0.25) is 0 Å². The second kappa shape index (κ2) is 5.66. The van der Waals surface area contributed by atoms with E-state index in [-0.39, 0.29) is 10.8 Å². The summed E-state index contributed by atoms with van der Waals surface area (Å²) in [5, 5.41) is 8.51. The van der Waals surface area contributed by atoms with E-state index in [1.165, 1.54) is 0 Å². The molecule has 0 spiro atoms. The lowest BCUT2D eigenvalue weighted by Crippen LogP contribution is -2.25. The first kappa shape index (κ1) is 18.2. The third kappa shape index (κ3) is 10.1. The molecule has 0 N–H and O–H groups in total. The van der Waals surface area contributed by atoms with Crippen LogP contribution in [-0.2, 0) is 0 Å². The van der Waals surface area contributed by atoms with E-state index >= 15 is 0 Å². The molecular weight excluding hydrogens is 267 g/mol. The summed E-state index contributed by atoms with van der Waals surface area (Å²) in [6.07, 6.45) is 1.51. The molecule has 0 aliphatic carbocycles. The molecule has 0 aliphatic heterocycles. The zero-order valence-corrected chi connectivity index (χ0v) is 14.6. The molecule has 2 unspecified atom stereocenters. The Morgan fingerprint density at radius 2 is 0.833 bits per heavy atom. The fourth-order valence-electron chi connectivity index (χ4n) is 2.22. The smallest absolute Gasteiger partial charge is 0.152 e. The molecule has 0 aliphatic rings. The molecule has 0 fully saturated rings. The topological polar surface area (TPSA) is 24.7 Å². The Kier molecular flexibility index (Phi) is 5.72. The van der Waals surface area contributed by atoms with E-state index in [2.05, 4.69) is 51.8 Å². The summed E-state index contributed by atoms with van der Waals surface area (Å²) in [6, 6.07) is 0. The van der Waals surface area contributed by atoms with Gasteiger partial charge in [-0.1, -0.05) is 64.7 Å². The van der Waals surface area contributed by atoms with E-state index in [0.717, 1.165) is 12.8 Å². The van der Waals surface area contributed by atoms with Crippen LogP contribution in [0, 0.1) is 10.8 Å². The van der Waals surface area contributed by atoms with Crippen molar-refractivity contribution >= 4 is 23.2 Å². The summed E-state index contributed by atoms with van der Waals surface area (Å²) in [7, 11) is 0. The summed E-state index contributed by atoms with van der Waals surface area (Å²) >= 11 is 12.8. The van der Waals surface area contributed by atoms with Gasteiger partial charge in [0.05, 0.1) is 0 Å². The summed E-state index contributed by atoms with van der Waals surface area (Å²) in [6.45, 7) is 16.6. The Labute approximate surface area is 123 Å². The molecule has 0 saturated carbocycles. The Hall–Kier alpha value is 0.180. The maximum absolute atomic E-state index is 6.38. The Morgan fingerprint density at radius 1 is 0.611 bits per heavy atom. The van der Waals surface area contributed by atoms with Crippen LogP contribution in [0.2, 0.25) is 0 Å². The van der Waals surface area contributed by atoms with Crippen LogP contribution in [0.25, 0.3) is 0 Å². The van der Waals surface area contributed by atoms with Crippen molar-refractivity contribution in [1.29, 1.82) is 0 Å². The number of nitrogens with zero attached hydrogens (tertiary/aromatic N) is 2. The monoisotopic (exact) mass is 294 g/mol. The maximum Gasteiger partial charge on any atom is 0.152 e. The van der Waals surface area contributed by atoms with E-state index in [4.69, 9.17) is 23.2 Å². The lowest BCUT2D eigenvalue weighted by molar-refractivity contribution is 0.300. The van der Waals surface area contributed by atoms with Crippen LogP contribution in [0.15, 0.2) is 10.2 Å². The van der Waals surface area contributed by atoms with E-state index < -0.39 is 10.00 Å². The predicted octanol–water partition coefficient (Wildman–Crippen LogP) is 6.22. The number of azo groups is 1. The molecule has 0 bridgehead atoms. The molecule has 2 nitrogen and oxygen atoms in total. The third-order valence-electron chi connectivity index (χ3n) is 2.17. The first-order chi connectivity index (χ1) is 7.62. The largest absolute Gasteiger partial charge is 0.170 e. The van der Waals surface area contributed by atoms with Crippen molar-refractivity contribution in [2.24, 2.45) is 21.1 Å². The van der Waals surface area contributed by atoms with Crippen molar-refractivity contribution in [3.05, 3.63) is 0 Å². The van der Waals surface area contributed by atoms with Crippen LogP contribution in [0.3, 0.4) is 0 Å². The van der Waals surface area contributed by atoms with Gasteiger partial charge in [-0.15, -0.1) is 0 Å². The van der Waals surface area contributed by atoms with Crippen molar-refractivity contribution in [2.75, 3.05) is 0 Å². The Morgan fingerprint density at radius 3 is 1.00 bits per heavy atom. The molecule has 0 heterocycles. The summed E-state index contributed by atoms with van der Waals surface area (Å²) in [5.74, 6) is 0. The Bertz CT molecular complexity index is 264. The van der Waals surface area contributed by atoms with Crippen molar-refractivity contribution in [3.63, 3.8) is 0 Å². The van der Waals surface area contributed by atoms with E-state index in [1.54, 1.807) is 0 Å². The number of alkyl halides is 2. The van der Waals surface area contributed by atoms with Gasteiger partial charge in [-0.3, -0.25) is 0 Å². The highest BCUT2D eigenvalue weighted by molar-refractivity contribution is 6.24. The lowest BCUT2D eigenvalue weighted by Gasteiger charge is -2.29. The summed E-state index contributed by atoms with van der Waals surface area (Å²) in [4.78, 5) is -1.38. The van der Waals surface area contributed by atoms with E-state index in [1.807, 2.05) is 13.8 Å². The average Bonchev–Trinajstić information content (AvgIpc) is 1.91. The van der Waals surface area contributed by atoms with Gasteiger partial charge in [-0.05, 0) is 37.5 Å². The second-order valence-corrected chi connectivity index (χ2v) is 9.59. The van der Waals surface area contributed by atoms with Crippen LogP contribution in [0.4, 0.5) is 0 Å². The second-order valence-electron chi connectivity index (χ2n) is 7.96. The number of hydrogen-bond acceptors (Lipinski definition) is 2. The molecule has 0 saturated heterocycles. The zero-order valence-electron chi connectivity index (χ0n) is 13.1. The van der Waals surface area contributed by atoms with Crippen molar-refractivity contribution in [3.8, 4) is 0 Å². The molecule has 0 aromatic rings. The minimum absolute atomic E-state index is 0.113. The third-order valence-corrected chi connectivity index (χ3v) is 2.59. The average molecular weight is 295 g/mol. The number of rotatable bonds is 4. The minimum atomic E-state index is -0.688. The molecule has 0 radical (unpaired) electrons. The summed E-state index contributed by atoms with van der Waals surface area (Å²) in [5.41, 5.74) is 0.227. The molecular formula is C14H28Cl2N2. The molecule has 2 atom stereocenters. The highest BCUT2D eigenvalue weighted by Gasteiger charge is 2.31. The van der Waals surface area contributed by atoms with Crippen LogP contribution < -0.4 is 0 Å². The first-order valence-corrected chi connectivity index (χ1v) is 7.20. The number of hydrogen-bond donors (Lipinski definition) is 0. The van der Waals surface area contributed by atoms with Gasteiger partial charge in [0.25, 0.3) is 0 Å². The molecule has 108 valence electrons. The van der Waals surface area contributed by atoms with E-state index in [9.17, 15) is 0 Å². The standard InChI is InChI=1S/C14H28Cl2N2/c1-11(2,3)9-13(7,15)17-18-14(8,16)10-12(4,5)6/h9-10H2,1-8H3/b18-17+. The van der Waals surface area contributed by atoms with Gasteiger partial charge >= 0.3 is 0 Å². The van der Waals surface area contributed by atoms with Gasteiger partial charge in [-0.25, -0.2) is 0 Å². The normalized spacial score (nSPS) is 20.8. The van der Waals surface area contributed by atoms with Crippen molar-refractivity contribution in [1.82, 2.24) is 0 Å². The van der Waals surface area contributed by atoms with Crippen LogP contribution in [0.1, 0.15) is 68.2 Å². The molecule has 4 heteroatoms. The molecule has 0 aromatic heterocycles. The fourth-order valence-corrected chi connectivity index (χ4v) is 3.09. The highest BCUT2D eigenvalue weighted by atomic mass is 35.5. The highest BCUT2D eigenvalue weighted by Crippen LogP contribution is 2.37. The number of halogens is 2. The SMILES string of the molecule is CC(C)(C)CC(C)(Cl)/N=N/C(C)(Cl)CC(C)(C)C. The van der Waals surface area contributed by atoms with Gasteiger partial charge in [-0.2, -0.15) is 10.2 Å². The lowest BCUT2D eigenvalue weighted by atomic mass is 9.88. The molecule has 18 heavy (non-hydrogen) atoms. The molecule has 0 aromatic carbocycles. The van der Waals surface area contributed by atoms with Gasteiger partial charge < -0.3 is 0 Å². The predicted molar refractivity (Wildman–Crippen MR) is 81.5 cm³/mol. The van der Waals surface area contributed by atoms with Crippen LogP contribution in [-0.4, -0.2) is 10.00 Å². The van der Waals surface area contributed by atoms with Crippen molar-refractivity contribution in [2.45, 2.75) is 78.2 Å². The molecule has 0 rings (SSSR count). The first-order valence-electron chi connectivity index (χ1n) is 6.44. The quantitative estimate of drug-likeness (QED) is 0.334. The maximum atomic E-state index is 6.38. The summed E-state index contributed by atoms with van der Waals surface area (Å²) < 4.78 is 0. The van der Waals surface area contributed by atoms with Crippen LogP contribution >= 0.6 is 23.2 Å². The van der Waals surface area contributed by atoms with Gasteiger partial charge in [0.15, 0.2) is 10.00 Å². The van der Waals surface area contributed by atoms with Gasteiger partial charge in [0.1, 0.15) is 0 Å². The molecule has 0 amide bonds. The fraction of sp³-hybridized carbons (Fsp3) is 1.00. The van der Waals surface area contributed by atoms with E-state index in [0.29, 0.717) is 0 Å². The zero-order chi connectivity index (χ0) is 14.8. The Balaban J connectivity index is 4.71. The van der Waals surface area contributed by atoms with Crippen molar-refractivity contribution < 1.29 is 0 Å². The van der Waals surface area contributed by atoms with Crippen LogP contribution in [0.5, 0.6) is 0 Å². The van der Waals surface area contributed by atoms with Gasteiger partial charge in [0, 0.05) is 0 Å².